The molecule has 10 nitrogen and oxygen atoms in total. The number of pyridine rings is 1. The highest BCUT2D eigenvalue weighted by Gasteiger charge is 2.57. The number of nitrogens with two attached hydrogens (primary N) is 1. The summed E-state index contributed by atoms with van der Waals surface area (Å²) in [5.74, 6) is -3.46. The summed E-state index contributed by atoms with van der Waals surface area (Å²) in [6, 6.07) is 9.53. The van der Waals surface area contributed by atoms with E-state index in [1.807, 2.05) is 19.1 Å². The van der Waals surface area contributed by atoms with Gasteiger partial charge in [0.2, 0.25) is 11.8 Å². The Morgan fingerprint density at radius 1 is 1.11 bits per heavy atom. The highest BCUT2D eigenvalue weighted by atomic mass is 32.2. The van der Waals surface area contributed by atoms with E-state index in [1.54, 1.807) is 36.7 Å². The summed E-state index contributed by atoms with van der Waals surface area (Å²) in [5, 5.41) is 2.22. The Hall–Kier alpha value is -3.77. The molecule has 2 aliphatic rings. The van der Waals surface area contributed by atoms with E-state index in [0.29, 0.717) is 26.1 Å². The molecule has 4 heterocycles. The molecule has 2 aromatic heterocycles. The first-order chi connectivity index (χ1) is 16.8. The van der Waals surface area contributed by atoms with Gasteiger partial charge >= 0.3 is 10.9 Å². The number of carbonyl (C=O) groups is 4. The second-order valence-electron chi connectivity index (χ2n) is 8.22. The summed E-state index contributed by atoms with van der Waals surface area (Å²) in [6.45, 7) is 1.66. The van der Waals surface area contributed by atoms with Crippen molar-refractivity contribution in [2.24, 2.45) is 11.7 Å². The van der Waals surface area contributed by atoms with Crippen molar-refractivity contribution in [2.75, 3.05) is 5.32 Å². The van der Waals surface area contributed by atoms with Gasteiger partial charge in [0.15, 0.2) is 0 Å². The molecule has 0 bridgehead atoms. The average Bonchev–Trinajstić information content (AvgIpc) is 3.27. The molecule has 3 unspecified atom stereocenters. The molecular weight excluding hydrogens is 490 g/mol. The van der Waals surface area contributed by atoms with Crippen molar-refractivity contribution >= 4 is 52.5 Å². The van der Waals surface area contributed by atoms with Crippen LogP contribution < -0.4 is 15.9 Å². The normalized spacial score (nSPS) is 20.9. The van der Waals surface area contributed by atoms with Gasteiger partial charge in [0.1, 0.15) is 11.8 Å². The van der Waals surface area contributed by atoms with Gasteiger partial charge in [-0.05, 0) is 30.7 Å². The Balaban J connectivity index is 1.55. The number of thiazole rings is 1. The minimum absolute atomic E-state index is 0.273. The molecule has 0 saturated carbocycles. The summed E-state index contributed by atoms with van der Waals surface area (Å²) in [4.78, 5) is 68.5. The van der Waals surface area contributed by atoms with Gasteiger partial charge < -0.3 is 11.1 Å². The fraction of sp³-hybridized carbons (Fsp3) is 0.217. The molecule has 1 saturated heterocycles. The van der Waals surface area contributed by atoms with Crippen LogP contribution >= 0.6 is 23.1 Å². The van der Waals surface area contributed by atoms with Crippen LogP contribution in [0.3, 0.4) is 0 Å². The maximum absolute atomic E-state index is 13.1. The zero-order valence-electron chi connectivity index (χ0n) is 18.3. The number of aryl methyl sites for hydroxylation is 1. The molecule has 3 N–H and O–H groups in total. The SMILES string of the molecule is Cc1ccc(NC(=O)Cn2c3c(sc2=O)C(c2cccnc2)C2C(=O)N(C(N)=O)C(=O)C2S3)cc1. The monoisotopic (exact) mass is 509 g/mol. The molecule has 1 aromatic carbocycles. The van der Waals surface area contributed by atoms with Crippen LogP contribution in [0.25, 0.3) is 0 Å². The third-order valence-electron chi connectivity index (χ3n) is 5.95. The first-order valence-electron chi connectivity index (χ1n) is 10.6. The fourth-order valence-electron chi connectivity index (χ4n) is 4.37. The summed E-state index contributed by atoms with van der Waals surface area (Å²) < 4.78 is 1.30. The van der Waals surface area contributed by atoms with Crippen molar-refractivity contribution in [3.63, 3.8) is 0 Å². The molecule has 12 heteroatoms. The van der Waals surface area contributed by atoms with Crippen LogP contribution in [0.15, 0.2) is 58.6 Å². The zero-order chi connectivity index (χ0) is 24.9. The van der Waals surface area contributed by atoms with E-state index in [-0.39, 0.29) is 11.4 Å². The van der Waals surface area contributed by atoms with Crippen molar-refractivity contribution in [1.82, 2.24) is 14.5 Å². The van der Waals surface area contributed by atoms with Crippen LogP contribution in [-0.4, -0.2) is 43.5 Å². The number of rotatable bonds is 4. The Morgan fingerprint density at radius 2 is 1.86 bits per heavy atom. The minimum Gasteiger partial charge on any atom is -0.351 e. The maximum Gasteiger partial charge on any atom is 0.328 e. The molecule has 5 rings (SSSR count). The van der Waals surface area contributed by atoms with E-state index in [1.165, 1.54) is 4.57 Å². The number of nitrogens with one attached hydrogen (secondary N) is 1. The van der Waals surface area contributed by atoms with Crippen LogP contribution in [0.5, 0.6) is 0 Å². The summed E-state index contributed by atoms with van der Waals surface area (Å²) in [6.07, 6.45) is 3.13. The summed E-state index contributed by atoms with van der Waals surface area (Å²) >= 11 is 1.92. The van der Waals surface area contributed by atoms with Gasteiger partial charge in [-0.15, -0.1) is 0 Å². The number of nitrogens with zero attached hydrogens (tertiary/aromatic N) is 3. The van der Waals surface area contributed by atoms with Gasteiger partial charge in [-0.1, -0.05) is 46.9 Å². The number of hydrogen-bond acceptors (Lipinski definition) is 8. The lowest BCUT2D eigenvalue weighted by atomic mass is 9.84. The lowest BCUT2D eigenvalue weighted by Crippen LogP contribution is -2.41. The Labute approximate surface area is 207 Å². The number of carbonyl (C=O) groups excluding carboxylic acids is 4. The summed E-state index contributed by atoms with van der Waals surface area (Å²) in [7, 11) is 0. The Bertz CT molecular complexity index is 1420. The number of imide groups is 3. The van der Waals surface area contributed by atoms with Crippen LogP contribution in [0.2, 0.25) is 0 Å². The van der Waals surface area contributed by atoms with Crippen molar-refractivity contribution in [1.29, 1.82) is 0 Å². The highest BCUT2D eigenvalue weighted by Crippen LogP contribution is 2.53. The highest BCUT2D eigenvalue weighted by molar-refractivity contribution is 8.00. The van der Waals surface area contributed by atoms with Gasteiger partial charge in [0.25, 0.3) is 5.91 Å². The smallest absolute Gasteiger partial charge is 0.328 e. The van der Waals surface area contributed by atoms with Crippen LogP contribution in [0, 0.1) is 12.8 Å². The molecule has 0 spiro atoms. The minimum atomic E-state index is -1.14. The van der Waals surface area contributed by atoms with Gasteiger partial charge in [0, 0.05) is 28.9 Å². The van der Waals surface area contributed by atoms with E-state index >= 15 is 0 Å². The number of benzene rings is 1. The lowest BCUT2D eigenvalue weighted by Gasteiger charge is -2.30. The first kappa shape index (κ1) is 23.0. The number of urea groups is 1. The number of amides is 5. The third kappa shape index (κ3) is 3.94. The molecule has 1 fully saturated rings. The summed E-state index contributed by atoms with van der Waals surface area (Å²) in [5.41, 5.74) is 7.57. The number of hydrogen-bond donors (Lipinski definition) is 2. The molecule has 178 valence electrons. The van der Waals surface area contributed by atoms with Crippen LogP contribution in [0.1, 0.15) is 21.9 Å². The number of primary amides is 1. The molecule has 3 atom stereocenters. The van der Waals surface area contributed by atoms with E-state index in [4.69, 9.17) is 5.73 Å². The standard InChI is InChI=1S/C23H19N5O5S2/c1-11-4-6-13(7-5-11)26-14(29)10-27-21-18(35-23(27)33)15(12-3-2-8-25-9-12)16-17(34-21)20(31)28(19(16)30)22(24)32/h2-9,15-17H,10H2,1H3,(H2,24,32)(H,26,29). The largest absolute Gasteiger partial charge is 0.351 e. The van der Waals surface area contributed by atoms with Crippen molar-refractivity contribution in [3.8, 4) is 0 Å². The van der Waals surface area contributed by atoms with Crippen molar-refractivity contribution in [2.45, 2.75) is 29.7 Å². The Kier molecular flexibility index (Phi) is 5.77. The van der Waals surface area contributed by atoms with E-state index in [9.17, 15) is 24.0 Å². The second kappa shape index (κ2) is 8.78. The van der Waals surface area contributed by atoms with Crippen molar-refractivity contribution < 1.29 is 19.2 Å². The Morgan fingerprint density at radius 3 is 2.51 bits per heavy atom. The van der Waals surface area contributed by atoms with Crippen LogP contribution in [-0.2, 0) is 20.9 Å². The molecular formula is C23H19N5O5S2. The second-order valence-corrected chi connectivity index (χ2v) is 10.3. The van der Waals surface area contributed by atoms with Gasteiger partial charge in [-0.25, -0.2) is 4.79 Å². The number of thioether (sulfide) groups is 1. The lowest BCUT2D eigenvalue weighted by molar-refractivity contribution is -0.135. The average molecular weight is 510 g/mol. The van der Waals surface area contributed by atoms with E-state index in [0.717, 1.165) is 28.7 Å². The van der Waals surface area contributed by atoms with Gasteiger partial charge in [0.05, 0.1) is 10.9 Å². The molecule has 3 aromatic rings. The van der Waals surface area contributed by atoms with Gasteiger partial charge in [-0.3, -0.25) is 28.7 Å². The number of likely N-dealkylation sites (tertiary alicyclic amines) is 1. The van der Waals surface area contributed by atoms with E-state index in [2.05, 4.69) is 10.3 Å². The predicted molar refractivity (Wildman–Crippen MR) is 129 cm³/mol. The zero-order valence-corrected chi connectivity index (χ0v) is 20.0. The van der Waals surface area contributed by atoms with Crippen molar-refractivity contribution in [3.05, 3.63) is 74.5 Å². The van der Waals surface area contributed by atoms with Crippen LogP contribution in [0.4, 0.5) is 10.5 Å². The third-order valence-corrected chi connectivity index (χ3v) is 8.55. The molecule has 0 aliphatic carbocycles. The quantitative estimate of drug-likeness (QED) is 0.511. The molecule has 0 radical (unpaired) electrons. The van der Waals surface area contributed by atoms with E-state index < -0.39 is 40.8 Å². The predicted octanol–water partition coefficient (Wildman–Crippen LogP) is 1.92. The molecule has 5 amide bonds. The number of anilines is 1. The fourth-order valence-corrected chi connectivity index (χ4v) is 7.15. The first-order valence-corrected chi connectivity index (χ1v) is 12.3. The number of fused-ring (bicyclic) bond motifs is 2. The molecule has 35 heavy (non-hydrogen) atoms. The molecule has 2 aliphatic heterocycles. The number of aromatic nitrogens is 2. The topological polar surface area (TPSA) is 144 Å². The maximum atomic E-state index is 13.1. The van der Waals surface area contributed by atoms with Gasteiger partial charge in [-0.2, -0.15) is 4.90 Å².